The van der Waals surface area contributed by atoms with Gasteiger partial charge in [-0.05, 0) is 5.92 Å². The number of ether oxygens (including phenoxy) is 1. The van der Waals surface area contributed by atoms with Gasteiger partial charge in [0.05, 0.1) is 18.1 Å². The average Bonchev–Trinajstić information content (AvgIpc) is 2.47. The van der Waals surface area contributed by atoms with Gasteiger partial charge in [0.15, 0.2) is 9.84 Å². The summed E-state index contributed by atoms with van der Waals surface area (Å²) in [4.78, 5) is 0. The van der Waals surface area contributed by atoms with E-state index in [4.69, 9.17) is 4.74 Å². The van der Waals surface area contributed by atoms with Crippen LogP contribution in [0.15, 0.2) is 0 Å². The summed E-state index contributed by atoms with van der Waals surface area (Å²) >= 11 is 0. The molecule has 2 rings (SSSR count). The number of hydrogen-bond acceptors (Lipinski definition) is 4. The van der Waals surface area contributed by atoms with E-state index in [0.717, 1.165) is 0 Å². The molecule has 0 saturated carbocycles. The van der Waals surface area contributed by atoms with Crippen LogP contribution in [-0.4, -0.2) is 38.3 Å². The summed E-state index contributed by atoms with van der Waals surface area (Å²) in [7, 11) is -2.93. The minimum absolute atomic E-state index is 0.0474. The van der Waals surface area contributed by atoms with Gasteiger partial charge in [-0.3, -0.25) is 5.32 Å². The summed E-state index contributed by atoms with van der Waals surface area (Å²) < 4.78 is 29.1. The van der Waals surface area contributed by atoms with Crippen molar-refractivity contribution < 1.29 is 13.2 Å². The highest BCUT2D eigenvalue weighted by Crippen LogP contribution is 2.38. The van der Waals surface area contributed by atoms with E-state index in [2.05, 4.69) is 33.0 Å². The second kappa shape index (κ2) is 3.93. The van der Waals surface area contributed by atoms with Crippen molar-refractivity contribution in [3.63, 3.8) is 0 Å². The SMILES string of the molecule is CC(C)C1NC2(CCS(=O)(=O)C2)OCC1(C)C. The molecule has 2 aliphatic heterocycles. The largest absolute Gasteiger partial charge is 0.359 e. The van der Waals surface area contributed by atoms with Gasteiger partial charge in [-0.15, -0.1) is 0 Å². The molecule has 0 aromatic carbocycles. The Kier molecular flexibility index (Phi) is 3.08. The molecule has 0 amide bonds. The van der Waals surface area contributed by atoms with Gasteiger partial charge in [-0.25, -0.2) is 8.42 Å². The normalized spacial score (nSPS) is 39.9. The van der Waals surface area contributed by atoms with E-state index < -0.39 is 15.6 Å². The molecule has 0 aromatic rings. The molecule has 17 heavy (non-hydrogen) atoms. The fraction of sp³-hybridized carbons (Fsp3) is 1.00. The van der Waals surface area contributed by atoms with Crippen molar-refractivity contribution in [2.45, 2.75) is 45.9 Å². The quantitative estimate of drug-likeness (QED) is 0.770. The van der Waals surface area contributed by atoms with Gasteiger partial charge in [-0.2, -0.15) is 0 Å². The Morgan fingerprint density at radius 2 is 2.00 bits per heavy atom. The van der Waals surface area contributed by atoms with Gasteiger partial charge in [0.25, 0.3) is 0 Å². The Labute approximate surface area is 104 Å². The van der Waals surface area contributed by atoms with Gasteiger partial charge in [0.1, 0.15) is 5.72 Å². The lowest BCUT2D eigenvalue weighted by molar-refractivity contribution is -0.150. The second-order valence-electron chi connectivity index (χ2n) is 6.48. The lowest BCUT2D eigenvalue weighted by Gasteiger charge is -2.49. The van der Waals surface area contributed by atoms with Gasteiger partial charge < -0.3 is 4.74 Å². The Morgan fingerprint density at radius 1 is 1.35 bits per heavy atom. The van der Waals surface area contributed by atoms with Crippen LogP contribution in [0.1, 0.15) is 34.1 Å². The smallest absolute Gasteiger partial charge is 0.154 e. The van der Waals surface area contributed by atoms with Crippen molar-refractivity contribution in [2.75, 3.05) is 18.1 Å². The van der Waals surface area contributed by atoms with Crippen molar-refractivity contribution in [1.82, 2.24) is 5.32 Å². The first-order chi connectivity index (χ1) is 7.66. The van der Waals surface area contributed by atoms with Crippen LogP contribution in [0, 0.1) is 11.3 Å². The number of nitrogens with one attached hydrogen (secondary N) is 1. The van der Waals surface area contributed by atoms with Crippen LogP contribution in [0.2, 0.25) is 0 Å². The molecule has 5 heteroatoms. The minimum atomic E-state index is -2.93. The van der Waals surface area contributed by atoms with E-state index in [1.54, 1.807) is 0 Å². The summed E-state index contributed by atoms with van der Waals surface area (Å²) in [5.41, 5.74) is -0.574. The molecule has 4 nitrogen and oxygen atoms in total. The Morgan fingerprint density at radius 3 is 2.47 bits per heavy atom. The first kappa shape index (κ1) is 13.3. The van der Waals surface area contributed by atoms with Gasteiger partial charge in [-0.1, -0.05) is 27.7 Å². The molecule has 100 valence electrons. The third-order valence-corrected chi connectivity index (χ3v) is 5.65. The maximum Gasteiger partial charge on any atom is 0.154 e. The van der Waals surface area contributed by atoms with Crippen LogP contribution in [0.25, 0.3) is 0 Å². The third-order valence-electron chi connectivity index (χ3n) is 3.92. The van der Waals surface area contributed by atoms with Crippen molar-refractivity contribution in [3.8, 4) is 0 Å². The molecule has 2 aliphatic rings. The van der Waals surface area contributed by atoms with Crippen LogP contribution < -0.4 is 5.32 Å². The summed E-state index contributed by atoms with van der Waals surface area (Å²) in [5, 5.41) is 3.47. The van der Waals surface area contributed by atoms with Crippen LogP contribution in [0.4, 0.5) is 0 Å². The molecule has 1 N–H and O–H groups in total. The van der Waals surface area contributed by atoms with Crippen LogP contribution in [0.5, 0.6) is 0 Å². The average molecular weight is 261 g/mol. The molecular formula is C12H23NO3S. The molecule has 0 radical (unpaired) electrons. The second-order valence-corrected chi connectivity index (χ2v) is 8.66. The lowest BCUT2D eigenvalue weighted by Crippen LogP contribution is -2.65. The van der Waals surface area contributed by atoms with E-state index in [1.165, 1.54) is 0 Å². The fourth-order valence-electron chi connectivity index (χ4n) is 3.05. The van der Waals surface area contributed by atoms with Crippen molar-refractivity contribution in [2.24, 2.45) is 11.3 Å². The molecule has 0 aliphatic carbocycles. The zero-order valence-electron chi connectivity index (χ0n) is 11.1. The molecule has 2 saturated heterocycles. The van der Waals surface area contributed by atoms with Crippen molar-refractivity contribution in [1.29, 1.82) is 0 Å². The Balaban J connectivity index is 2.20. The Hall–Kier alpha value is -0.130. The van der Waals surface area contributed by atoms with Crippen molar-refractivity contribution >= 4 is 9.84 Å². The highest BCUT2D eigenvalue weighted by Gasteiger charge is 2.51. The summed E-state index contributed by atoms with van der Waals surface area (Å²) in [6.07, 6.45) is 0.578. The van der Waals surface area contributed by atoms with Crippen LogP contribution in [0.3, 0.4) is 0 Å². The molecular weight excluding hydrogens is 238 g/mol. The number of rotatable bonds is 1. The van der Waals surface area contributed by atoms with Crippen LogP contribution >= 0.6 is 0 Å². The van der Waals surface area contributed by atoms with E-state index >= 15 is 0 Å². The predicted molar refractivity (Wildman–Crippen MR) is 67.5 cm³/mol. The van der Waals surface area contributed by atoms with E-state index in [1.807, 2.05) is 0 Å². The van der Waals surface area contributed by atoms with E-state index in [9.17, 15) is 8.42 Å². The molecule has 2 atom stereocenters. The summed E-state index contributed by atoms with van der Waals surface area (Å²) in [6.45, 7) is 9.30. The number of hydrogen-bond donors (Lipinski definition) is 1. The monoisotopic (exact) mass is 261 g/mol. The molecule has 1 spiro atoms. The highest BCUT2D eigenvalue weighted by atomic mass is 32.2. The zero-order chi connectivity index (χ0) is 12.9. The fourth-order valence-corrected chi connectivity index (χ4v) is 4.86. The van der Waals surface area contributed by atoms with Crippen LogP contribution in [-0.2, 0) is 14.6 Å². The standard InChI is InChI=1S/C12H23NO3S/c1-9(2)10-11(3,4)7-16-12(13-10)5-6-17(14,15)8-12/h9-10,13H,5-8H2,1-4H3. The predicted octanol–water partition coefficient (Wildman–Crippen LogP) is 1.17. The van der Waals surface area contributed by atoms with E-state index in [0.29, 0.717) is 25.0 Å². The van der Waals surface area contributed by atoms with Gasteiger partial charge in [0, 0.05) is 17.9 Å². The third kappa shape index (κ3) is 2.51. The van der Waals surface area contributed by atoms with E-state index in [-0.39, 0.29) is 16.9 Å². The minimum Gasteiger partial charge on any atom is -0.359 e. The maximum absolute atomic E-state index is 11.6. The van der Waals surface area contributed by atoms with Crippen molar-refractivity contribution in [3.05, 3.63) is 0 Å². The topological polar surface area (TPSA) is 55.4 Å². The first-order valence-corrected chi connectivity index (χ1v) is 8.10. The Bertz CT molecular complexity index is 402. The van der Waals surface area contributed by atoms with Gasteiger partial charge in [0.2, 0.25) is 0 Å². The molecule has 2 fully saturated rings. The highest BCUT2D eigenvalue weighted by molar-refractivity contribution is 7.91. The van der Waals surface area contributed by atoms with Gasteiger partial charge >= 0.3 is 0 Å². The zero-order valence-corrected chi connectivity index (χ0v) is 11.9. The summed E-state index contributed by atoms with van der Waals surface area (Å²) in [5.74, 6) is 0.832. The molecule has 0 bridgehead atoms. The summed E-state index contributed by atoms with van der Waals surface area (Å²) in [6, 6.07) is 0.296. The molecule has 2 heterocycles. The first-order valence-electron chi connectivity index (χ1n) is 6.28. The lowest BCUT2D eigenvalue weighted by atomic mass is 9.77. The maximum atomic E-state index is 11.6. The molecule has 0 aromatic heterocycles. The number of sulfone groups is 1. The molecule has 2 unspecified atom stereocenters.